The topological polar surface area (TPSA) is 25.8 Å². The first-order valence-electron chi connectivity index (χ1n) is 4.32. The molecule has 0 spiro atoms. The van der Waals surface area contributed by atoms with E-state index in [4.69, 9.17) is 23.2 Å². The molecular weight excluding hydrogens is 283 g/mol. The first kappa shape index (κ1) is 12.0. The highest BCUT2D eigenvalue weighted by Crippen LogP contribution is 2.35. The Balaban J connectivity index is 1.97. The maximum absolute atomic E-state index is 5.74. The molecule has 0 saturated heterocycles. The fraction of sp³-hybridized carbons (Fsp3) is 0. The van der Waals surface area contributed by atoms with Crippen LogP contribution in [0.2, 0.25) is 10.0 Å². The lowest BCUT2D eigenvalue weighted by molar-refractivity contribution is 1.13. The minimum Gasteiger partial charge on any atom is -0.248 e. The minimum absolute atomic E-state index is 0.638. The van der Waals surface area contributed by atoms with Gasteiger partial charge in [-0.15, -0.1) is 0 Å². The average Bonchev–Trinajstić information content (AvgIpc) is 2.30. The molecule has 0 amide bonds. The average molecular weight is 289 g/mol. The van der Waals surface area contributed by atoms with Crippen LogP contribution in [0.25, 0.3) is 0 Å². The van der Waals surface area contributed by atoms with Crippen molar-refractivity contribution in [2.45, 2.75) is 10.1 Å². The molecule has 0 bridgehead atoms. The third-order valence-electron chi connectivity index (χ3n) is 1.61. The molecule has 0 fully saturated rings. The molecule has 0 radical (unpaired) electrons. The van der Waals surface area contributed by atoms with Crippen LogP contribution in [0, 0.1) is 0 Å². The molecule has 0 aliphatic carbocycles. The van der Waals surface area contributed by atoms with Crippen LogP contribution in [0.4, 0.5) is 0 Å². The molecule has 2 rings (SSSR count). The van der Waals surface area contributed by atoms with E-state index in [0.717, 1.165) is 10.1 Å². The van der Waals surface area contributed by atoms with Gasteiger partial charge in [0.1, 0.15) is 10.1 Å². The molecule has 0 aliphatic rings. The Morgan fingerprint density at radius 2 is 1.19 bits per heavy atom. The molecule has 0 saturated carbocycles. The molecule has 2 heterocycles. The molecule has 0 aliphatic heterocycles. The van der Waals surface area contributed by atoms with Gasteiger partial charge in [0.25, 0.3) is 0 Å². The highest BCUT2D eigenvalue weighted by molar-refractivity contribution is 8.76. The van der Waals surface area contributed by atoms with Crippen molar-refractivity contribution >= 4 is 44.8 Å². The van der Waals surface area contributed by atoms with E-state index < -0.39 is 0 Å². The normalized spacial score (nSPS) is 10.4. The van der Waals surface area contributed by atoms with Gasteiger partial charge >= 0.3 is 0 Å². The van der Waals surface area contributed by atoms with E-state index >= 15 is 0 Å². The van der Waals surface area contributed by atoms with Crippen molar-refractivity contribution in [3.05, 3.63) is 46.7 Å². The molecule has 6 heteroatoms. The van der Waals surface area contributed by atoms with Gasteiger partial charge in [-0.1, -0.05) is 23.2 Å². The molecule has 82 valence electrons. The second-order valence-electron chi connectivity index (χ2n) is 2.80. The van der Waals surface area contributed by atoms with Crippen LogP contribution in [-0.2, 0) is 0 Å². The fourth-order valence-corrected chi connectivity index (χ4v) is 2.85. The molecular formula is C10H6Cl2N2S2. The minimum atomic E-state index is 0.638. The van der Waals surface area contributed by atoms with Gasteiger partial charge in [-0.05, 0) is 45.9 Å². The second-order valence-corrected chi connectivity index (χ2v) is 5.84. The fourth-order valence-electron chi connectivity index (χ4n) is 0.908. The van der Waals surface area contributed by atoms with Gasteiger partial charge in [-0.2, -0.15) is 0 Å². The molecule has 0 N–H and O–H groups in total. The third kappa shape index (κ3) is 3.56. The molecule has 0 aromatic carbocycles. The van der Waals surface area contributed by atoms with Crippen LogP contribution in [0.1, 0.15) is 0 Å². The molecule has 2 nitrogen and oxygen atoms in total. The summed E-state index contributed by atoms with van der Waals surface area (Å²) in [6.07, 6.45) is 3.25. The Bertz CT molecular complexity index is 414. The lowest BCUT2D eigenvalue weighted by atomic mass is 10.5. The van der Waals surface area contributed by atoms with Gasteiger partial charge in [0.05, 0.1) is 10.0 Å². The molecule has 2 aromatic heterocycles. The van der Waals surface area contributed by atoms with Gasteiger partial charge in [0.2, 0.25) is 0 Å². The predicted octanol–water partition coefficient (Wildman–Crippen LogP) is 4.58. The van der Waals surface area contributed by atoms with Crippen LogP contribution in [0.3, 0.4) is 0 Å². The molecule has 2 aromatic rings. The Morgan fingerprint density at radius 1 is 0.750 bits per heavy atom. The van der Waals surface area contributed by atoms with Crippen molar-refractivity contribution in [2.24, 2.45) is 0 Å². The predicted molar refractivity (Wildman–Crippen MR) is 70.2 cm³/mol. The summed E-state index contributed by atoms with van der Waals surface area (Å²) in [5, 5.41) is 3.07. The zero-order valence-corrected chi connectivity index (χ0v) is 11.1. The van der Waals surface area contributed by atoms with E-state index in [1.54, 1.807) is 12.4 Å². The van der Waals surface area contributed by atoms with Crippen molar-refractivity contribution in [2.75, 3.05) is 0 Å². The van der Waals surface area contributed by atoms with E-state index in [2.05, 4.69) is 9.97 Å². The third-order valence-corrected chi connectivity index (χ3v) is 4.24. The standard InChI is InChI=1S/C10H6Cl2N2S2/c11-7-1-3-9(13-5-7)15-16-10-4-2-8(12)6-14-10/h1-6H. The van der Waals surface area contributed by atoms with Crippen molar-refractivity contribution in [1.29, 1.82) is 0 Å². The van der Waals surface area contributed by atoms with E-state index in [-0.39, 0.29) is 0 Å². The van der Waals surface area contributed by atoms with Crippen molar-refractivity contribution in [3.63, 3.8) is 0 Å². The largest absolute Gasteiger partial charge is 0.248 e. The van der Waals surface area contributed by atoms with E-state index in [0.29, 0.717) is 10.0 Å². The summed E-state index contributed by atoms with van der Waals surface area (Å²) in [5.74, 6) is 0. The SMILES string of the molecule is Clc1ccc(SSc2ccc(Cl)cn2)nc1. The van der Waals surface area contributed by atoms with Crippen molar-refractivity contribution in [3.8, 4) is 0 Å². The second kappa shape index (κ2) is 5.77. The summed E-state index contributed by atoms with van der Waals surface area (Å²) >= 11 is 11.5. The number of hydrogen-bond donors (Lipinski definition) is 0. The lowest BCUT2D eigenvalue weighted by Gasteiger charge is -1.99. The monoisotopic (exact) mass is 288 g/mol. The van der Waals surface area contributed by atoms with Crippen LogP contribution in [0.15, 0.2) is 46.7 Å². The number of rotatable bonds is 3. The number of aromatic nitrogens is 2. The Morgan fingerprint density at radius 3 is 1.50 bits per heavy atom. The number of hydrogen-bond acceptors (Lipinski definition) is 4. The quantitative estimate of drug-likeness (QED) is 0.772. The van der Waals surface area contributed by atoms with E-state index in [1.165, 1.54) is 21.6 Å². The van der Waals surface area contributed by atoms with Crippen LogP contribution >= 0.6 is 44.8 Å². The van der Waals surface area contributed by atoms with E-state index in [1.807, 2.05) is 24.3 Å². The van der Waals surface area contributed by atoms with Crippen LogP contribution in [-0.4, -0.2) is 9.97 Å². The van der Waals surface area contributed by atoms with Crippen molar-refractivity contribution in [1.82, 2.24) is 9.97 Å². The van der Waals surface area contributed by atoms with Gasteiger partial charge in [-0.25, -0.2) is 9.97 Å². The number of pyridine rings is 2. The highest BCUT2D eigenvalue weighted by atomic mass is 35.5. The summed E-state index contributed by atoms with van der Waals surface area (Å²) in [4.78, 5) is 8.33. The first-order valence-corrected chi connectivity index (χ1v) is 7.22. The number of halogens is 2. The van der Waals surface area contributed by atoms with Crippen LogP contribution in [0.5, 0.6) is 0 Å². The van der Waals surface area contributed by atoms with E-state index in [9.17, 15) is 0 Å². The van der Waals surface area contributed by atoms with Gasteiger partial charge < -0.3 is 0 Å². The molecule has 0 atom stereocenters. The Labute approximate surface area is 111 Å². The smallest absolute Gasteiger partial charge is 0.107 e. The van der Waals surface area contributed by atoms with Gasteiger partial charge in [-0.3, -0.25) is 0 Å². The lowest BCUT2D eigenvalue weighted by Crippen LogP contribution is -1.78. The van der Waals surface area contributed by atoms with Crippen molar-refractivity contribution < 1.29 is 0 Å². The highest BCUT2D eigenvalue weighted by Gasteiger charge is 2.00. The van der Waals surface area contributed by atoms with Gasteiger partial charge in [0.15, 0.2) is 0 Å². The summed E-state index contributed by atoms with van der Waals surface area (Å²) in [7, 11) is 3.06. The Kier molecular flexibility index (Phi) is 4.35. The zero-order valence-electron chi connectivity index (χ0n) is 7.93. The summed E-state index contributed by atoms with van der Waals surface area (Å²) in [5.41, 5.74) is 0. The van der Waals surface area contributed by atoms with Crippen LogP contribution < -0.4 is 0 Å². The molecule has 16 heavy (non-hydrogen) atoms. The summed E-state index contributed by atoms with van der Waals surface area (Å²) < 4.78 is 0. The van der Waals surface area contributed by atoms with Gasteiger partial charge in [0, 0.05) is 12.4 Å². The maximum atomic E-state index is 5.74. The maximum Gasteiger partial charge on any atom is 0.107 e. The number of nitrogens with zero attached hydrogens (tertiary/aromatic N) is 2. The summed E-state index contributed by atoms with van der Waals surface area (Å²) in [6, 6.07) is 7.37. The first-order chi connectivity index (χ1) is 7.74. The summed E-state index contributed by atoms with van der Waals surface area (Å²) in [6.45, 7) is 0. The molecule has 0 unspecified atom stereocenters. The zero-order chi connectivity index (χ0) is 11.4. The Hall–Kier alpha value is -0.420.